The minimum atomic E-state index is -0.0673. The lowest BCUT2D eigenvalue weighted by atomic mass is 10.0. The van der Waals surface area contributed by atoms with Gasteiger partial charge in [-0.25, -0.2) is 0 Å². The molecule has 0 saturated carbocycles. The number of benzene rings is 2. The molecule has 1 N–H and O–H groups in total. The molecule has 3 rings (SSSR count). The Hall–Kier alpha value is -2.53. The molecule has 26 heavy (non-hydrogen) atoms. The first-order valence-electron chi connectivity index (χ1n) is 9.05. The van der Waals surface area contributed by atoms with Crippen LogP contribution in [0.2, 0.25) is 0 Å². The Morgan fingerprint density at radius 2 is 1.69 bits per heavy atom. The van der Waals surface area contributed by atoms with Crippen LogP contribution >= 0.6 is 0 Å². The summed E-state index contributed by atoms with van der Waals surface area (Å²) in [5.74, 6) is 1.37. The van der Waals surface area contributed by atoms with Crippen LogP contribution in [0.3, 0.4) is 0 Å². The average molecular weight is 354 g/mol. The summed E-state index contributed by atoms with van der Waals surface area (Å²) in [6, 6.07) is 18.0. The molecule has 1 aliphatic heterocycles. The third-order valence-corrected chi connectivity index (χ3v) is 4.63. The number of rotatable bonds is 7. The number of methoxy groups -OCH3 is 1. The van der Waals surface area contributed by atoms with Crippen LogP contribution < -0.4 is 14.8 Å². The van der Waals surface area contributed by atoms with Crippen molar-refractivity contribution in [3.63, 3.8) is 0 Å². The van der Waals surface area contributed by atoms with Crippen molar-refractivity contribution in [1.29, 1.82) is 0 Å². The van der Waals surface area contributed by atoms with Gasteiger partial charge in [-0.3, -0.25) is 9.69 Å². The van der Waals surface area contributed by atoms with E-state index < -0.39 is 0 Å². The fourth-order valence-electron chi connectivity index (χ4n) is 3.17. The van der Waals surface area contributed by atoms with E-state index in [2.05, 4.69) is 34.5 Å². The van der Waals surface area contributed by atoms with Crippen LogP contribution in [0.4, 0.5) is 0 Å². The SMILES string of the molecule is COc1ccc(OCC(=O)NC2CCN(Cc3ccccc3)CC2)cc1. The molecule has 0 spiro atoms. The van der Waals surface area contributed by atoms with Crippen LogP contribution in [0.1, 0.15) is 18.4 Å². The highest BCUT2D eigenvalue weighted by atomic mass is 16.5. The zero-order valence-electron chi connectivity index (χ0n) is 15.2. The topological polar surface area (TPSA) is 50.8 Å². The number of carbonyl (C=O) groups excluding carboxylic acids is 1. The third-order valence-electron chi connectivity index (χ3n) is 4.63. The van der Waals surface area contributed by atoms with Crippen LogP contribution in [0, 0.1) is 0 Å². The fraction of sp³-hybridized carbons (Fsp3) is 0.381. The number of ether oxygens (including phenoxy) is 2. The summed E-state index contributed by atoms with van der Waals surface area (Å²) in [7, 11) is 1.62. The number of piperidine rings is 1. The van der Waals surface area contributed by atoms with E-state index in [1.807, 2.05) is 18.2 Å². The number of hydrogen-bond donors (Lipinski definition) is 1. The van der Waals surface area contributed by atoms with E-state index in [4.69, 9.17) is 9.47 Å². The molecule has 1 amide bonds. The maximum atomic E-state index is 12.1. The Bertz CT molecular complexity index is 680. The lowest BCUT2D eigenvalue weighted by Crippen LogP contribution is -2.45. The number of nitrogens with one attached hydrogen (secondary N) is 1. The molecule has 0 aliphatic carbocycles. The molecule has 1 saturated heterocycles. The quantitative estimate of drug-likeness (QED) is 0.831. The smallest absolute Gasteiger partial charge is 0.258 e. The number of carbonyl (C=O) groups is 1. The van der Waals surface area contributed by atoms with Gasteiger partial charge < -0.3 is 14.8 Å². The van der Waals surface area contributed by atoms with E-state index in [1.165, 1.54) is 5.56 Å². The highest BCUT2D eigenvalue weighted by Crippen LogP contribution is 2.17. The third kappa shape index (κ3) is 5.49. The van der Waals surface area contributed by atoms with E-state index >= 15 is 0 Å². The molecule has 1 fully saturated rings. The molecule has 5 heteroatoms. The number of nitrogens with zero attached hydrogens (tertiary/aromatic N) is 1. The Labute approximate surface area is 154 Å². The highest BCUT2D eigenvalue weighted by molar-refractivity contribution is 5.77. The number of likely N-dealkylation sites (tertiary alicyclic amines) is 1. The second kappa shape index (κ2) is 9.25. The summed E-state index contributed by atoms with van der Waals surface area (Å²) in [6.07, 6.45) is 1.95. The van der Waals surface area contributed by atoms with Crippen molar-refractivity contribution in [3.8, 4) is 11.5 Å². The van der Waals surface area contributed by atoms with Crippen molar-refractivity contribution in [2.24, 2.45) is 0 Å². The fourth-order valence-corrected chi connectivity index (χ4v) is 3.17. The molecular formula is C21H26N2O3. The largest absolute Gasteiger partial charge is 0.497 e. The minimum Gasteiger partial charge on any atom is -0.497 e. The molecule has 2 aromatic carbocycles. The van der Waals surface area contributed by atoms with Crippen molar-refractivity contribution in [2.75, 3.05) is 26.8 Å². The van der Waals surface area contributed by atoms with E-state index in [9.17, 15) is 4.79 Å². The number of hydrogen-bond acceptors (Lipinski definition) is 4. The zero-order valence-corrected chi connectivity index (χ0v) is 15.2. The molecule has 1 aliphatic rings. The standard InChI is InChI=1S/C21H26N2O3/c1-25-19-7-9-20(10-8-19)26-16-21(24)22-18-11-13-23(14-12-18)15-17-5-3-2-4-6-17/h2-10,18H,11-16H2,1H3,(H,22,24). The number of amides is 1. The van der Waals surface area contributed by atoms with Gasteiger partial charge in [-0.2, -0.15) is 0 Å². The second-order valence-corrected chi connectivity index (χ2v) is 6.57. The van der Waals surface area contributed by atoms with Crippen molar-refractivity contribution < 1.29 is 14.3 Å². The van der Waals surface area contributed by atoms with Crippen LogP contribution in [0.15, 0.2) is 54.6 Å². The highest BCUT2D eigenvalue weighted by Gasteiger charge is 2.20. The summed E-state index contributed by atoms with van der Waals surface area (Å²) in [6.45, 7) is 3.01. The van der Waals surface area contributed by atoms with Gasteiger partial charge in [0.1, 0.15) is 11.5 Å². The van der Waals surface area contributed by atoms with Gasteiger partial charge in [0.05, 0.1) is 7.11 Å². The van der Waals surface area contributed by atoms with Gasteiger partial charge in [-0.05, 0) is 42.7 Å². The summed E-state index contributed by atoms with van der Waals surface area (Å²) in [5, 5.41) is 3.08. The van der Waals surface area contributed by atoms with E-state index in [-0.39, 0.29) is 18.6 Å². The Balaban J connectivity index is 1.36. The van der Waals surface area contributed by atoms with Gasteiger partial charge in [-0.15, -0.1) is 0 Å². The maximum absolute atomic E-state index is 12.1. The van der Waals surface area contributed by atoms with Crippen LogP contribution in [-0.2, 0) is 11.3 Å². The first-order chi connectivity index (χ1) is 12.7. The van der Waals surface area contributed by atoms with Crippen molar-refractivity contribution in [1.82, 2.24) is 10.2 Å². The molecule has 0 unspecified atom stereocenters. The van der Waals surface area contributed by atoms with E-state index in [1.54, 1.807) is 19.2 Å². The monoisotopic (exact) mass is 354 g/mol. The first kappa shape index (κ1) is 18.3. The molecule has 2 aromatic rings. The van der Waals surface area contributed by atoms with Crippen molar-refractivity contribution in [3.05, 3.63) is 60.2 Å². The normalized spacial score (nSPS) is 15.4. The second-order valence-electron chi connectivity index (χ2n) is 6.57. The van der Waals surface area contributed by atoms with Gasteiger partial charge in [0, 0.05) is 25.7 Å². The summed E-state index contributed by atoms with van der Waals surface area (Å²) < 4.78 is 10.6. The summed E-state index contributed by atoms with van der Waals surface area (Å²) in [5.41, 5.74) is 1.34. The Morgan fingerprint density at radius 3 is 2.35 bits per heavy atom. The van der Waals surface area contributed by atoms with E-state index in [0.29, 0.717) is 5.75 Å². The molecule has 5 nitrogen and oxygen atoms in total. The molecule has 138 valence electrons. The average Bonchev–Trinajstić information content (AvgIpc) is 2.69. The van der Waals surface area contributed by atoms with Crippen molar-refractivity contribution in [2.45, 2.75) is 25.4 Å². The van der Waals surface area contributed by atoms with Gasteiger partial charge in [0.25, 0.3) is 5.91 Å². The molecule has 0 bridgehead atoms. The molecule has 0 radical (unpaired) electrons. The van der Waals surface area contributed by atoms with Crippen LogP contribution in [-0.4, -0.2) is 43.7 Å². The molecular weight excluding hydrogens is 328 g/mol. The molecule has 1 heterocycles. The van der Waals surface area contributed by atoms with Crippen molar-refractivity contribution >= 4 is 5.91 Å². The first-order valence-corrected chi connectivity index (χ1v) is 9.05. The molecule has 0 atom stereocenters. The lowest BCUT2D eigenvalue weighted by Gasteiger charge is -2.32. The Morgan fingerprint density at radius 1 is 1.04 bits per heavy atom. The van der Waals surface area contributed by atoms with E-state index in [0.717, 1.165) is 38.2 Å². The van der Waals surface area contributed by atoms with Gasteiger partial charge in [-0.1, -0.05) is 30.3 Å². The van der Waals surface area contributed by atoms with Crippen LogP contribution in [0.5, 0.6) is 11.5 Å². The lowest BCUT2D eigenvalue weighted by molar-refractivity contribution is -0.124. The minimum absolute atomic E-state index is 0.0383. The Kier molecular flexibility index (Phi) is 6.50. The van der Waals surface area contributed by atoms with Gasteiger partial charge in [0.2, 0.25) is 0 Å². The zero-order chi connectivity index (χ0) is 18.2. The summed E-state index contributed by atoms with van der Waals surface area (Å²) >= 11 is 0. The molecule has 0 aromatic heterocycles. The predicted octanol–water partition coefficient (Wildman–Crippen LogP) is 2.85. The van der Waals surface area contributed by atoms with Gasteiger partial charge in [0.15, 0.2) is 6.61 Å². The van der Waals surface area contributed by atoms with Gasteiger partial charge >= 0.3 is 0 Å². The summed E-state index contributed by atoms with van der Waals surface area (Å²) in [4.78, 5) is 14.5. The maximum Gasteiger partial charge on any atom is 0.258 e. The van der Waals surface area contributed by atoms with Crippen LogP contribution in [0.25, 0.3) is 0 Å². The predicted molar refractivity (Wildman–Crippen MR) is 101 cm³/mol.